The molecule has 4 rings (SSSR count). The molecule has 0 unspecified atom stereocenters. The minimum absolute atomic E-state index is 0.110. The standard InChI is InChI=1S/C21H25N5O2S/c1-12-7-8-16(10-13(12)2)26-15(4)18(24-25-26)21-23-14(3)19(29-21)20(27)22-11-17-6-5-9-28-17/h7-8,10,17H,5-6,9,11H2,1-4H3,(H,22,27)/t17-/m0/s1. The van der Waals surface area contributed by atoms with Gasteiger partial charge in [0.1, 0.15) is 15.6 Å². The largest absolute Gasteiger partial charge is 0.376 e. The number of amides is 1. The molecule has 152 valence electrons. The highest BCUT2D eigenvalue weighted by molar-refractivity contribution is 7.17. The lowest BCUT2D eigenvalue weighted by molar-refractivity contribution is 0.0860. The molecule has 7 nitrogen and oxygen atoms in total. The molecule has 1 amide bonds. The number of benzene rings is 1. The zero-order valence-corrected chi connectivity index (χ0v) is 18.0. The van der Waals surface area contributed by atoms with Crippen molar-refractivity contribution in [2.24, 2.45) is 0 Å². The Kier molecular flexibility index (Phi) is 5.47. The molecule has 0 aliphatic carbocycles. The highest BCUT2D eigenvalue weighted by Gasteiger charge is 2.22. The molecule has 1 atom stereocenters. The summed E-state index contributed by atoms with van der Waals surface area (Å²) in [6.45, 7) is 9.30. The molecule has 3 heterocycles. The Bertz CT molecular complexity index is 1050. The summed E-state index contributed by atoms with van der Waals surface area (Å²) >= 11 is 1.35. The predicted octanol–water partition coefficient (Wildman–Crippen LogP) is 3.53. The number of carbonyl (C=O) groups excluding carboxylic acids is 1. The fourth-order valence-electron chi connectivity index (χ4n) is 3.43. The summed E-state index contributed by atoms with van der Waals surface area (Å²) in [7, 11) is 0. The molecule has 29 heavy (non-hydrogen) atoms. The number of carbonyl (C=O) groups is 1. The maximum Gasteiger partial charge on any atom is 0.263 e. The normalized spacial score (nSPS) is 16.3. The van der Waals surface area contributed by atoms with Crippen LogP contribution in [0.1, 0.15) is 45.0 Å². The Labute approximate surface area is 174 Å². The molecule has 3 aromatic rings. The minimum Gasteiger partial charge on any atom is -0.376 e. The molecule has 0 bridgehead atoms. The highest BCUT2D eigenvalue weighted by Crippen LogP contribution is 2.29. The van der Waals surface area contributed by atoms with Crippen LogP contribution in [0.2, 0.25) is 0 Å². The Morgan fingerprint density at radius 2 is 2.10 bits per heavy atom. The van der Waals surface area contributed by atoms with E-state index in [2.05, 4.69) is 46.6 Å². The number of nitrogens with one attached hydrogen (secondary N) is 1. The topological polar surface area (TPSA) is 81.9 Å². The summed E-state index contributed by atoms with van der Waals surface area (Å²) in [6.07, 6.45) is 2.17. The lowest BCUT2D eigenvalue weighted by Gasteiger charge is -2.09. The minimum atomic E-state index is -0.110. The zero-order valence-electron chi connectivity index (χ0n) is 17.2. The van der Waals surface area contributed by atoms with E-state index in [9.17, 15) is 4.79 Å². The van der Waals surface area contributed by atoms with Crippen molar-refractivity contribution in [3.8, 4) is 16.4 Å². The lowest BCUT2D eigenvalue weighted by Crippen LogP contribution is -2.31. The monoisotopic (exact) mass is 411 g/mol. The Morgan fingerprint density at radius 1 is 1.28 bits per heavy atom. The molecular formula is C21H25N5O2S. The van der Waals surface area contributed by atoms with Crippen LogP contribution in [0.15, 0.2) is 18.2 Å². The van der Waals surface area contributed by atoms with Gasteiger partial charge >= 0.3 is 0 Å². The maximum atomic E-state index is 12.6. The molecular weight excluding hydrogens is 386 g/mol. The average molecular weight is 412 g/mol. The van der Waals surface area contributed by atoms with Crippen LogP contribution in [0, 0.1) is 27.7 Å². The SMILES string of the molecule is Cc1ccc(-n2nnc(-c3nc(C)c(C(=O)NC[C@@H]4CCCO4)s3)c2C)cc1C. The molecule has 0 spiro atoms. The van der Waals surface area contributed by atoms with Gasteiger partial charge in [0, 0.05) is 13.2 Å². The predicted molar refractivity (Wildman–Crippen MR) is 113 cm³/mol. The van der Waals surface area contributed by atoms with Gasteiger partial charge in [-0.2, -0.15) is 0 Å². The first-order valence-electron chi connectivity index (χ1n) is 9.81. The third-order valence-corrected chi connectivity index (χ3v) is 6.51. The van der Waals surface area contributed by atoms with Crippen molar-refractivity contribution < 1.29 is 9.53 Å². The van der Waals surface area contributed by atoms with Crippen LogP contribution in [0.4, 0.5) is 0 Å². The third-order valence-electron chi connectivity index (χ3n) is 5.35. The van der Waals surface area contributed by atoms with Crippen molar-refractivity contribution in [3.63, 3.8) is 0 Å². The summed E-state index contributed by atoms with van der Waals surface area (Å²) in [5, 5.41) is 12.3. The van der Waals surface area contributed by atoms with Gasteiger partial charge < -0.3 is 10.1 Å². The molecule has 1 N–H and O–H groups in total. The van der Waals surface area contributed by atoms with E-state index < -0.39 is 0 Å². The van der Waals surface area contributed by atoms with Crippen molar-refractivity contribution >= 4 is 17.2 Å². The van der Waals surface area contributed by atoms with Crippen LogP contribution in [0.5, 0.6) is 0 Å². The van der Waals surface area contributed by atoms with E-state index in [0.29, 0.717) is 27.8 Å². The molecule has 2 aromatic heterocycles. The summed E-state index contributed by atoms with van der Waals surface area (Å²) in [5.74, 6) is -0.110. The summed E-state index contributed by atoms with van der Waals surface area (Å²) in [5.41, 5.74) is 5.71. The molecule has 0 saturated carbocycles. The van der Waals surface area contributed by atoms with Gasteiger partial charge in [0.25, 0.3) is 5.91 Å². The van der Waals surface area contributed by atoms with Gasteiger partial charge in [-0.05, 0) is 63.8 Å². The third kappa shape index (κ3) is 3.95. The van der Waals surface area contributed by atoms with Crippen molar-refractivity contribution in [2.75, 3.05) is 13.2 Å². The molecule has 1 saturated heterocycles. The number of hydrogen-bond donors (Lipinski definition) is 1. The van der Waals surface area contributed by atoms with Crippen LogP contribution in [-0.4, -0.2) is 45.1 Å². The van der Waals surface area contributed by atoms with Crippen LogP contribution >= 0.6 is 11.3 Å². The van der Waals surface area contributed by atoms with Crippen molar-refractivity contribution in [3.05, 3.63) is 45.6 Å². The van der Waals surface area contributed by atoms with Gasteiger partial charge in [-0.15, -0.1) is 16.4 Å². The van der Waals surface area contributed by atoms with Gasteiger partial charge in [-0.1, -0.05) is 11.3 Å². The number of thiazole rings is 1. The number of ether oxygens (including phenoxy) is 1. The highest BCUT2D eigenvalue weighted by atomic mass is 32.1. The second-order valence-corrected chi connectivity index (χ2v) is 8.48. The van der Waals surface area contributed by atoms with Gasteiger partial charge in [0.15, 0.2) is 0 Å². The summed E-state index contributed by atoms with van der Waals surface area (Å²) in [6, 6.07) is 6.21. The Hall–Kier alpha value is -2.58. The molecule has 8 heteroatoms. The quantitative estimate of drug-likeness (QED) is 0.694. The summed E-state index contributed by atoms with van der Waals surface area (Å²) < 4.78 is 7.39. The molecule has 0 radical (unpaired) electrons. The molecule has 1 aliphatic rings. The van der Waals surface area contributed by atoms with Crippen LogP contribution in [0.3, 0.4) is 0 Å². The van der Waals surface area contributed by atoms with E-state index in [0.717, 1.165) is 30.8 Å². The average Bonchev–Trinajstić information content (AvgIpc) is 3.42. The van der Waals surface area contributed by atoms with E-state index in [1.807, 2.05) is 24.6 Å². The van der Waals surface area contributed by atoms with Crippen LogP contribution < -0.4 is 5.32 Å². The smallest absolute Gasteiger partial charge is 0.263 e. The number of aryl methyl sites for hydroxylation is 3. The lowest BCUT2D eigenvalue weighted by atomic mass is 10.1. The fourth-order valence-corrected chi connectivity index (χ4v) is 4.45. The molecule has 1 aromatic carbocycles. The molecule has 1 aliphatic heterocycles. The van der Waals surface area contributed by atoms with E-state index in [4.69, 9.17) is 4.74 Å². The second kappa shape index (κ2) is 8.04. The number of aromatic nitrogens is 4. The second-order valence-electron chi connectivity index (χ2n) is 7.48. The van der Waals surface area contributed by atoms with E-state index in [1.165, 1.54) is 22.5 Å². The zero-order chi connectivity index (χ0) is 20.5. The molecule has 1 fully saturated rings. The van der Waals surface area contributed by atoms with Crippen molar-refractivity contribution in [1.82, 2.24) is 25.3 Å². The van der Waals surface area contributed by atoms with Gasteiger partial charge in [0.05, 0.1) is 23.2 Å². The first-order valence-corrected chi connectivity index (χ1v) is 10.6. The Balaban J connectivity index is 1.56. The van der Waals surface area contributed by atoms with Crippen molar-refractivity contribution in [1.29, 1.82) is 0 Å². The number of rotatable bonds is 5. The Morgan fingerprint density at radius 3 is 2.83 bits per heavy atom. The van der Waals surface area contributed by atoms with E-state index in [-0.39, 0.29) is 12.0 Å². The van der Waals surface area contributed by atoms with Gasteiger partial charge in [-0.3, -0.25) is 4.79 Å². The van der Waals surface area contributed by atoms with E-state index in [1.54, 1.807) is 0 Å². The van der Waals surface area contributed by atoms with Gasteiger partial charge in [0.2, 0.25) is 0 Å². The van der Waals surface area contributed by atoms with Gasteiger partial charge in [-0.25, -0.2) is 9.67 Å². The first kappa shape index (κ1) is 19.7. The van der Waals surface area contributed by atoms with Crippen molar-refractivity contribution in [2.45, 2.75) is 46.6 Å². The van der Waals surface area contributed by atoms with E-state index >= 15 is 0 Å². The van der Waals surface area contributed by atoms with Crippen LogP contribution in [-0.2, 0) is 4.74 Å². The number of nitrogens with zero attached hydrogens (tertiary/aromatic N) is 4. The summed E-state index contributed by atoms with van der Waals surface area (Å²) in [4.78, 5) is 17.8. The fraction of sp³-hybridized carbons (Fsp3) is 0.429. The maximum absolute atomic E-state index is 12.6. The van der Waals surface area contributed by atoms with Crippen LogP contribution in [0.25, 0.3) is 16.4 Å². The first-order chi connectivity index (χ1) is 13.9. The number of hydrogen-bond acceptors (Lipinski definition) is 6.